The number of nitrogens with one attached hydrogen (secondary N) is 1. The van der Waals surface area contributed by atoms with Gasteiger partial charge in [-0.2, -0.15) is 4.98 Å². The number of aryl methyl sites for hydroxylation is 1. The van der Waals surface area contributed by atoms with E-state index >= 15 is 0 Å². The third-order valence-electron chi connectivity index (χ3n) is 3.60. The number of aromatic nitrogens is 4. The number of ether oxygens (including phenoxy) is 1. The number of pyridine rings is 1. The minimum atomic E-state index is 0.261. The number of fused-ring (bicyclic) bond motifs is 1. The van der Waals surface area contributed by atoms with Crippen LogP contribution in [0.1, 0.15) is 22.5 Å². The van der Waals surface area contributed by atoms with Crippen LogP contribution in [0.25, 0.3) is 11.0 Å². The van der Waals surface area contributed by atoms with Gasteiger partial charge in [-0.15, -0.1) is 0 Å². The van der Waals surface area contributed by atoms with Crippen LogP contribution in [0.15, 0.2) is 18.5 Å². The predicted octanol–water partition coefficient (Wildman–Crippen LogP) is 2.15. The molecule has 6 heteroatoms. The Morgan fingerprint density at radius 2 is 2.05 bits per heavy atom. The summed E-state index contributed by atoms with van der Waals surface area (Å²) in [7, 11) is 1.67. The maximum absolute atomic E-state index is 5.77. The summed E-state index contributed by atoms with van der Waals surface area (Å²) >= 11 is 0. The van der Waals surface area contributed by atoms with E-state index in [0.717, 1.165) is 39.3 Å². The molecule has 0 aliphatic carbocycles. The molecule has 108 valence electrons. The number of aromatic amines is 1. The number of rotatable bonds is 3. The molecule has 0 radical (unpaired) electrons. The summed E-state index contributed by atoms with van der Waals surface area (Å²) in [6.45, 7) is 3.99. The molecule has 0 saturated heterocycles. The third-order valence-corrected chi connectivity index (χ3v) is 3.60. The van der Waals surface area contributed by atoms with Gasteiger partial charge in [-0.3, -0.25) is 4.98 Å². The molecule has 6 nitrogen and oxygen atoms in total. The zero-order valence-electron chi connectivity index (χ0n) is 12.3. The van der Waals surface area contributed by atoms with Crippen molar-refractivity contribution < 1.29 is 4.74 Å². The lowest BCUT2D eigenvalue weighted by Gasteiger charge is -2.12. The highest BCUT2D eigenvalue weighted by Gasteiger charge is 2.13. The summed E-state index contributed by atoms with van der Waals surface area (Å²) < 4.78 is 5.45. The van der Waals surface area contributed by atoms with Crippen molar-refractivity contribution in [3.05, 3.63) is 41.0 Å². The van der Waals surface area contributed by atoms with Gasteiger partial charge in [0.2, 0.25) is 5.95 Å². The van der Waals surface area contributed by atoms with Crippen LogP contribution in [-0.2, 0) is 6.42 Å². The SMILES string of the molecule is COc1c(C)cnc(Cc2nc(N)nc3[nH]ccc23)c1C. The fraction of sp³-hybridized carbons (Fsp3) is 0.267. The van der Waals surface area contributed by atoms with Crippen LogP contribution < -0.4 is 10.5 Å². The molecule has 3 aromatic heterocycles. The quantitative estimate of drug-likeness (QED) is 0.768. The fourth-order valence-electron chi connectivity index (χ4n) is 2.57. The van der Waals surface area contributed by atoms with Crippen LogP contribution in [0, 0.1) is 13.8 Å². The Hall–Kier alpha value is -2.63. The first kappa shape index (κ1) is 13.4. The Morgan fingerprint density at radius 3 is 2.81 bits per heavy atom. The van der Waals surface area contributed by atoms with Crippen molar-refractivity contribution >= 4 is 17.0 Å². The molecule has 3 aromatic rings. The smallest absolute Gasteiger partial charge is 0.222 e. The van der Waals surface area contributed by atoms with Crippen molar-refractivity contribution in [1.82, 2.24) is 19.9 Å². The summed E-state index contributed by atoms with van der Waals surface area (Å²) in [5.74, 6) is 1.13. The monoisotopic (exact) mass is 283 g/mol. The lowest BCUT2D eigenvalue weighted by atomic mass is 10.1. The Balaban J connectivity index is 2.09. The van der Waals surface area contributed by atoms with E-state index in [1.807, 2.05) is 32.3 Å². The molecule has 3 rings (SSSR count). The van der Waals surface area contributed by atoms with Gasteiger partial charge in [-0.25, -0.2) is 4.98 Å². The van der Waals surface area contributed by atoms with Gasteiger partial charge < -0.3 is 15.5 Å². The number of methoxy groups -OCH3 is 1. The van der Waals surface area contributed by atoms with E-state index in [1.54, 1.807) is 7.11 Å². The predicted molar refractivity (Wildman–Crippen MR) is 81.4 cm³/mol. The molecule has 0 aromatic carbocycles. The van der Waals surface area contributed by atoms with Crippen LogP contribution >= 0.6 is 0 Å². The number of nitrogens with zero attached hydrogens (tertiary/aromatic N) is 3. The lowest BCUT2D eigenvalue weighted by molar-refractivity contribution is 0.407. The number of hydrogen-bond acceptors (Lipinski definition) is 5. The van der Waals surface area contributed by atoms with Crippen molar-refractivity contribution in [3.8, 4) is 5.75 Å². The molecule has 3 N–H and O–H groups in total. The molecule has 21 heavy (non-hydrogen) atoms. The number of nitrogens with two attached hydrogens (primary N) is 1. The summed E-state index contributed by atoms with van der Waals surface area (Å²) in [5, 5.41) is 0.963. The highest BCUT2D eigenvalue weighted by molar-refractivity contribution is 5.79. The van der Waals surface area contributed by atoms with Gasteiger partial charge in [0.05, 0.1) is 18.5 Å². The molecule has 0 spiro atoms. The molecule has 0 unspecified atom stereocenters. The number of hydrogen-bond donors (Lipinski definition) is 2. The number of nitrogen functional groups attached to an aromatic ring is 1. The van der Waals surface area contributed by atoms with Gasteiger partial charge in [0.1, 0.15) is 11.4 Å². The standard InChI is InChI=1S/C15H17N5O/c1-8-7-18-11(9(2)13(8)21-3)6-12-10-4-5-17-14(10)20-15(16)19-12/h4-5,7H,6H2,1-3H3,(H3,16,17,19,20). The van der Waals surface area contributed by atoms with E-state index in [1.165, 1.54) is 0 Å². The summed E-state index contributed by atoms with van der Waals surface area (Å²) in [6, 6.07) is 1.95. The van der Waals surface area contributed by atoms with Crippen molar-refractivity contribution in [1.29, 1.82) is 0 Å². The molecular formula is C15H17N5O. The molecule has 0 bridgehead atoms. The molecule has 0 fully saturated rings. The van der Waals surface area contributed by atoms with Gasteiger partial charge >= 0.3 is 0 Å². The Bertz CT molecular complexity index is 809. The lowest BCUT2D eigenvalue weighted by Crippen LogP contribution is -2.05. The van der Waals surface area contributed by atoms with Crippen molar-refractivity contribution in [2.24, 2.45) is 0 Å². The van der Waals surface area contributed by atoms with Gasteiger partial charge in [-0.05, 0) is 19.9 Å². The molecule has 0 aliphatic rings. The molecule has 3 heterocycles. The zero-order chi connectivity index (χ0) is 15.0. The molecule has 0 aliphatic heterocycles. The van der Waals surface area contributed by atoms with E-state index in [9.17, 15) is 0 Å². The number of H-pyrrole nitrogens is 1. The van der Waals surface area contributed by atoms with Crippen LogP contribution in [-0.4, -0.2) is 27.0 Å². The highest BCUT2D eigenvalue weighted by atomic mass is 16.5. The molecule has 0 amide bonds. The van der Waals surface area contributed by atoms with E-state index in [4.69, 9.17) is 10.5 Å². The van der Waals surface area contributed by atoms with Crippen molar-refractivity contribution in [3.63, 3.8) is 0 Å². The van der Waals surface area contributed by atoms with Crippen LogP contribution in [0.2, 0.25) is 0 Å². The first-order valence-electron chi connectivity index (χ1n) is 6.68. The maximum atomic E-state index is 5.77. The average molecular weight is 283 g/mol. The van der Waals surface area contributed by atoms with E-state index in [-0.39, 0.29) is 5.95 Å². The Kier molecular flexibility index (Phi) is 3.21. The summed E-state index contributed by atoms with van der Waals surface area (Å²) in [6.07, 6.45) is 4.24. The van der Waals surface area contributed by atoms with Gasteiger partial charge in [0, 0.05) is 35.3 Å². The zero-order valence-corrected chi connectivity index (χ0v) is 12.3. The maximum Gasteiger partial charge on any atom is 0.222 e. The molecule has 0 atom stereocenters. The van der Waals surface area contributed by atoms with E-state index in [0.29, 0.717) is 6.42 Å². The largest absolute Gasteiger partial charge is 0.496 e. The van der Waals surface area contributed by atoms with Crippen molar-refractivity contribution in [2.45, 2.75) is 20.3 Å². The first-order chi connectivity index (χ1) is 10.1. The summed E-state index contributed by atoms with van der Waals surface area (Å²) in [5.41, 5.74) is 10.4. The van der Waals surface area contributed by atoms with Gasteiger partial charge in [-0.1, -0.05) is 0 Å². The fourth-order valence-corrected chi connectivity index (χ4v) is 2.57. The highest BCUT2D eigenvalue weighted by Crippen LogP contribution is 2.26. The van der Waals surface area contributed by atoms with E-state index < -0.39 is 0 Å². The molecule has 0 saturated carbocycles. The topological polar surface area (TPSA) is 89.7 Å². The van der Waals surface area contributed by atoms with Gasteiger partial charge in [0.15, 0.2) is 0 Å². The Labute approximate surface area is 122 Å². The normalized spacial score (nSPS) is 11.0. The summed E-state index contributed by atoms with van der Waals surface area (Å²) in [4.78, 5) is 16.1. The number of anilines is 1. The second-order valence-corrected chi connectivity index (χ2v) is 4.99. The van der Waals surface area contributed by atoms with Crippen LogP contribution in [0.5, 0.6) is 5.75 Å². The van der Waals surface area contributed by atoms with Crippen molar-refractivity contribution in [2.75, 3.05) is 12.8 Å². The van der Waals surface area contributed by atoms with E-state index in [2.05, 4.69) is 19.9 Å². The minimum absolute atomic E-state index is 0.261. The first-order valence-corrected chi connectivity index (χ1v) is 6.68. The second-order valence-electron chi connectivity index (χ2n) is 4.99. The Morgan fingerprint density at radius 1 is 1.24 bits per heavy atom. The average Bonchev–Trinajstić information content (AvgIpc) is 2.90. The molecular weight excluding hydrogens is 266 g/mol. The van der Waals surface area contributed by atoms with Crippen LogP contribution in [0.3, 0.4) is 0 Å². The van der Waals surface area contributed by atoms with Gasteiger partial charge in [0.25, 0.3) is 0 Å². The van der Waals surface area contributed by atoms with Crippen LogP contribution in [0.4, 0.5) is 5.95 Å². The second kappa shape index (κ2) is 5.05. The minimum Gasteiger partial charge on any atom is -0.496 e. The third kappa shape index (κ3) is 2.29.